The van der Waals surface area contributed by atoms with Crippen molar-refractivity contribution in [2.45, 2.75) is 63.9 Å². The van der Waals surface area contributed by atoms with E-state index in [1.165, 1.54) is 70.9 Å². The molecular weight excluding hydrogens is 222 g/mol. The standard InChI is InChI=1S/C16H31NO/c1-17-12-10-15(11-13-17)5-3-4-14-6-8-16(18-2)9-7-14/h14-16H,3-13H2,1-2H3. The van der Waals surface area contributed by atoms with Gasteiger partial charge in [-0.25, -0.2) is 0 Å². The minimum Gasteiger partial charge on any atom is -0.381 e. The van der Waals surface area contributed by atoms with E-state index in [9.17, 15) is 0 Å². The molecule has 1 heterocycles. The summed E-state index contributed by atoms with van der Waals surface area (Å²) in [5.41, 5.74) is 0. The van der Waals surface area contributed by atoms with Crippen molar-refractivity contribution in [2.24, 2.45) is 11.8 Å². The van der Waals surface area contributed by atoms with Gasteiger partial charge in [-0.15, -0.1) is 0 Å². The lowest BCUT2D eigenvalue weighted by molar-refractivity contribution is 0.0548. The molecule has 2 nitrogen and oxygen atoms in total. The third-order valence-corrected chi connectivity index (χ3v) is 5.19. The zero-order chi connectivity index (χ0) is 12.8. The Morgan fingerprint density at radius 2 is 1.44 bits per heavy atom. The van der Waals surface area contributed by atoms with Crippen LogP contribution in [0.1, 0.15) is 57.8 Å². The highest BCUT2D eigenvalue weighted by Gasteiger charge is 2.21. The minimum atomic E-state index is 0.565. The molecular formula is C16H31NO. The largest absolute Gasteiger partial charge is 0.381 e. The monoisotopic (exact) mass is 253 g/mol. The van der Waals surface area contributed by atoms with Crippen LogP contribution >= 0.6 is 0 Å². The van der Waals surface area contributed by atoms with Crippen LogP contribution in [0.3, 0.4) is 0 Å². The lowest BCUT2D eigenvalue weighted by atomic mass is 9.82. The fraction of sp³-hybridized carbons (Fsp3) is 1.00. The Labute approximate surface area is 113 Å². The van der Waals surface area contributed by atoms with Crippen LogP contribution in [0.15, 0.2) is 0 Å². The van der Waals surface area contributed by atoms with Gasteiger partial charge in [0.2, 0.25) is 0 Å². The third kappa shape index (κ3) is 4.55. The Kier molecular flexibility index (Phi) is 5.97. The molecule has 1 saturated heterocycles. The number of piperidine rings is 1. The molecule has 0 atom stereocenters. The van der Waals surface area contributed by atoms with Gasteiger partial charge in [-0.05, 0) is 70.5 Å². The highest BCUT2D eigenvalue weighted by Crippen LogP contribution is 2.31. The van der Waals surface area contributed by atoms with Crippen molar-refractivity contribution in [3.8, 4) is 0 Å². The highest BCUT2D eigenvalue weighted by molar-refractivity contribution is 4.74. The predicted molar refractivity (Wildman–Crippen MR) is 76.8 cm³/mol. The van der Waals surface area contributed by atoms with Gasteiger partial charge in [-0.1, -0.05) is 19.3 Å². The van der Waals surface area contributed by atoms with E-state index in [-0.39, 0.29) is 0 Å². The maximum absolute atomic E-state index is 5.44. The van der Waals surface area contributed by atoms with Crippen LogP contribution in [0.4, 0.5) is 0 Å². The first kappa shape index (κ1) is 14.3. The molecule has 0 aromatic rings. The Balaban J connectivity index is 1.53. The maximum Gasteiger partial charge on any atom is 0.0571 e. The molecule has 0 aromatic carbocycles. The summed E-state index contributed by atoms with van der Waals surface area (Å²) in [5, 5.41) is 0. The fourth-order valence-electron chi connectivity index (χ4n) is 3.70. The molecule has 0 amide bonds. The van der Waals surface area contributed by atoms with E-state index in [1.54, 1.807) is 0 Å². The number of nitrogens with zero attached hydrogens (tertiary/aromatic N) is 1. The number of rotatable bonds is 5. The van der Waals surface area contributed by atoms with Crippen molar-refractivity contribution >= 4 is 0 Å². The molecule has 2 fully saturated rings. The SMILES string of the molecule is COC1CCC(CCCC2CCN(C)CC2)CC1. The first-order chi connectivity index (χ1) is 8.78. The summed E-state index contributed by atoms with van der Waals surface area (Å²) in [5.74, 6) is 2.03. The summed E-state index contributed by atoms with van der Waals surface area (Å²) in [6.07, 6.45) is 13.3. The van der Waals surface area contributed by atoms with E-state index in [0.717, 1.165) is 11.8 Å². The fourth-order valence-corrected chi connectivity index (χ4v) is 3.70. The molecule has 106 valence electrons. The normalized spacial score (nSPS) is 31.7. The highest BCUT2D eigenvalue weighted by atomic mass is 16.5. The van der Waals surface area contributed by atoms with Crippen LogP contribution in [0.2, 0.25) is 0 Å². The molecule has 0 radical (unpaired) electrons. The molecule has 18 heavy (non-hydrogen) atoms. The van der Waals surface area contributed by atoms with Crippen molar-refractivity contribution in [1.29, 1.82) is 0 Å². The van der Waals surface area contributed by atoms with Gasteiger partial charge < -0.3 is 9.64 Å². The van der Waals surface area contributed by atoms with E-state index in [0.29, 0.717) is 6.10 Å². The summed E-state index contributed by atoms with van der Waals surface area (Å²) in [4.78, 5) is 2.47. The van der Waals surface area contributed by atoms with Gasteiger partial charge in [-0.3, -0.25) is 0 Å². The maximum atomic E-state index is 5.44. The van der Waals surface area contributed by atoms with Gasteiger partial charge >= 0.3 is 0 Å². The number of hydrogen-bond donors (Lipinski definition) is 0. The Hall–Kier alpha value is -0.0800. The average molecular weight is 253 g/mol. The van der Waals surface area contributed by atoms with E-state index in [1.807, 2.05) is 7.11 Å². The van der Waals surface area contributed by atoms with E-state index >= 15 is 0 Å². The number of ether oxygens (including phenoxy) is 1. The van der Waals surface area contributed by atoms with E-state index in [2.05, 4.69) is 11.9 Å². The Morgan fingerprint density at radius 1 is 0.889 bits per heavy atom. The summed E-state index contributed by atoms with van der Waals surface area (Å²) in [7, 11) is 4.12. The second-order valence-electron chi connectivity index (χ2n) is 6.56. The molecule has 2 heteroatoms. The smallest absolute Gasteiger partial charge is 0.0571 e. The Bertz CT molecular complexity index is 215. The predicted octanol–water partition coefficient (Wildman–Crippen LogP) is 3.70. The molecule has 1 aliphatic heterocycles. The van der Waals surface area contributed by atoms with Crippen molar-refractivity contribution in [1.82, 2.24) is 4.90 Å². The van der Waals surface area contributed by atoms with Gasteiger partial charge in [0.05, 0.1) is 6.10 Å². The molecule has 0 spiro atoms. The van der Waals surface area contributed by atoms with Gasteiger partial charge in [0, 0.05) is 7.11 Å². The van der Waals surface area contributed by atoms with Crippen molar-refractivity contribution in [3.05, 3.63) is 0 Å². The van der Waals surface area contributed by atoms with E-state index in [4.69, 9.17) is 4.74 Å². The lowest BCUT2D eigenvalue weighted by Gasteiger charge is -2.30. The summed E-state index contributed by atoms with van der Waals surface area (Å²) in [6, 6.07) is 0. The molecule has 0 unspecified atom stereocenters. The molecule has 2 aliphatic rings. The summed E-state index contributed by atoms with van der Waals surface area (Å²) < 4.78 is 5.44. The molecule has 1 aliphatic carbocycles. The lowest BCUT2D eigenvalue weighted by Crippen LogP contribution is -2.30. The minimum absolute atomic E-state index is 0.565. The van der Waals surface area contributed by atoms with Gasteiger partial charge in [0.25, 0.3) is 0 Å². The molecule has 1 saturated carbocycles. The molecule has 0 bridgehead atoms. The van der Waals surface area contributed by atoms with Gasteiger partial charge in [0.1, 0.15) is 0 Å². The quantitative estimate of drug-likeness (QED) is 0.740. The molecule has 2 rings (SSSR count). The van der Waals surface area contributed by atoms with Crippen LogP contribution < -0.4 is 0 Å². The van der Waals surface area contributed by atoms with E-state index < -0.39 is 0 Å². The van der Waals surface area contributed by atoms with Gasteiger partial charge in [0.15, 0.2) is 0 Å². The van der Waals surface area contributed by atoms with Crippen LogP contribution in [-0.2, 0) is 4.74 Å². The second kappa shape index (κ2) is 7.49. The summed E-state index contributed by atoms with van der Waals surface area (Å²) >= 11 is 0. The zero-order valence-electron chi connectivity index (χ0n) is 12.4. The zero-order valence-corrected chi connectivity index (χ0v) is 12.4. The Morgan fingerprint density at radius 3 is 2.00 bits per heavy atom. The van der Waals surface area contributed by atoms with Crippen LogP contribution in [0, 0.1) is 11.8 Å². The van der Waals surface area contributed by atoms with Crippen molar-refractivity contribution in [2.75, 3.05) is 27.2 Å². The topological polar surface area (TPSA) is 12.5 Å². The van der Waals surface area contributed by atoms with Crippen molar-refractivity contribution in [3.63, 3.8) is 0 Å². The second-order valence-corrected chi connectivity index (χ2v) is 6.56. The third-order valence-electron chi connectivity index (χ3n) is 5.19. The first-order valence-corrected chi connectivity index (χ1v) is 7.99. The molecule has 0 N–H and O–H groups in total. The number of likely N-dealkylation sites (tertiary alicyclic amines) is 1. The van der Waals surface area contributed by atoms with Crippen molar-refractivity contribution < 1.29 is 4.74 Å². The van der Waals surface area contributed by atoms with Crippen LogP contribution in [0.25, 0.3) is 0 Å². The number of hydrogen-bond acceptors (Lipinski definition) is 2. The molecule has 0 aromatic heterocycles. The average Bonchev–Trinajstić information content (AvgIpc) is 2.42. The van der Waals surface area contributed by atoms with Gasteiger partial charge in [-0.2, -0.15) is 0 Å². The first-order valence-electron chi connectivity index (χ1n) is 7.99. The number of methoxy groups -OCH3 is 1. The van der Waals surface area contributed by atoms with Crippen LogP contribution in [-0.4, -0.2) is 38.3 Å². The van der Waals surface area contributed by atoms with Crippen LogP contribution in [0.5, 0.6) is 0 Å². The summed E-state index contributed by atoms with van der Waals surface area (Å²) in [6.45, 7) is 2.65.